The van der Waals surface area contributed by atoms with Gasteiger partial charge in [0.25, 0.3) is 0 Å². The highest BCUT2D eigenvalue weighted by atomic mass is 28.4. The third-order valence-corrected chi connectivity index (χ3v) is 8.35. The molecular formula is C15H28O4Si. The Kier molecular flexibility index (Phi) is 4.26. The first kappa shape index (κ1) is 15.0. The van der Waals surface area contributed by atoms with E-state index in [0.29, 0.717) is 37.4 Å². The summed E-state index contributed by atoms with van der Waals surface area (Å²) in [6.07, 6.45) is 6.32. The van der Waals surface area contributed by atoms with Crippen LogP contribution in [0.5, 0.6) is 0 Å². The van der Waals surface area contributed by atoms with Gasteiger partial charge in [-0.3, -0.25) is 0 Å². The van der Waals surface area contributed by atoms with E-state index in [4.69, 9.17) is 18.0 Å². The molecule has 4 unspecified atom stereocenters. The third-order valence-electron chi connectivity index (χ3n) is 5.30. The second-order valence-corrected chi connectivity index (χ2v) is 9.10. The lowest BCUT2D eigenvalue weighted by Crippen LogP contribution is -2.47. The third kappa shape index (κ3) is 2.48. The molecule has 1 aliphatic heterocycles. The van der Waals surface area contributed by atoms with Crippen LogP contribution in [0, 0.1) is 11.3 Å². The summed E-state index contributed by atoms with van der Waals surface area (Å²) < 4.78 is 23.8. The fourth-order valence-corrected chi connectivity index (χ4v) is 7.29. The van der Waals surface area contributed by atoms with Crippen LogP contribution in [0.2, 0.25) is 6.04 Å². The first-order valence-electron chi connectivity index (χ1n) is 8.26. The molecule has 0 aromatic carbocycles. The van der Waals surface area contributed by atoms with E-state index in [1.54, 1.807) is 0 Å². The van der Waals surface area contributed by atoms with Crippen molar-refractivity contribution in [2.45, 2.75) is 64.7 Å². The minimum atomic E-state index is -2.47. The van der Waals surface area contributed by atoms with Crippen LogP contribution in [0.3, 0.4) is 0 Å². The molecule has 20 heavy (non-hydrogen) atoms. The summed E-state index contributed by atoms with van der Waals surface area (Å²) in [5, 5.41) is 0. The second-order valence-electron chi connectivity index (χ2n) is 6.37. The van der Waals surface area contributed by atoms with Crippen molar-refractivity contribution in [3.8, 4) is 0 Å². The molecular weight excluding hydrogens is 272 g/mol. The summed E-state index contributed by atoms with van der Waals surface area (Å²) in [5.74, 6) is 0.836. The Balaban J connectivity index is 1.64. The quantitative estimate of drug-likeness (QED) is 0.485. The molecule has 5 heteroatoms. The molecule has 0 aromatic heterocycles. The molecule has 0 spiro atoms. The van der Waals surface area contributed by atoms with Crippen LogP contribution in [-0.4, -0.2) is 40.8 Å². The van der Waals surface area contributed by atoms with Crippen molar-refractivity contribution in [1.29, 1.82) is 0 Å². The predicted molar refractivity (Wildman–Crippen MR) is 78.5 cm³/mol. The van der Waals surface area contributed by atoms with E-state index in [-0.39, 0.29) is 0 Å². The number of epoxide rings is 1. The van der Waals surface area contributed by atoms with Gasteiger partial charge in [0.15, 0.2) is 0 Å². The van der Waals surface area contributed by atoms with Crippen LogP contribution in [0.15, 0.2) is 0 Å². The molecule has 3 fully saturated rings. The van der Waals surface area contributed by atoms with Crippen molar-refractivity contribution in [2.24, 2.45) is 11.3 Å². The molecule has 0 N–H and O–H groups in total. The monoisotopic (exact) mass is 300 g/mol. The standard InChI is InChI=1S/C15H28O4Si/c1-4-16-20(17-5-2,18-6-3)10-9-15-8-7-12(11-15)13-14(15)19-13/h12-14H,4-11H2,1-3H3. The molecule has 116 valence electrons. The summed E-state index contributed by atoms with van der Waals surface area (Å²) in [6.45, 7) is 8.09. The smallest absolute Gasteiger partial charge is 0.374 e. The molecule has 2 bridgehead atoms. The molecule has 4 nitrogen and oxygen atoms in total. The molecule has 2 aliphatic carbocycles. The van der Waals surface area contributed by atoms with Crippen LogP contribution in [0.1, 0.15) is 46.5 Å². The van der Waals surface area contributed by atoms with Crippen LogP contribution < -0.4 is 0 Å². The Labute approximate surface area is 123 Å². The van der Waals surface area contributed by atoms with Gasteiger partial charge in [-0.2, -0.15) is 0 Å². The van der Waals surface area contributed by atoms with Gasteiger partial charge in [-0.15, -0.1) is 0 Å². The first-order chi connectivity index (χ1) is 9.68. The second kappa shape index (κ2) is 5.69. The van der Waals surface area contributed by atoms with Gasteiger partial charge in [0.1, 0.15) is 0 Å². The van der Waals surface area contributed by atoms with E-state index in [9.17, 15) is 0 Å². The summed E-state index contributed by atoms with van der Waals surface area (Å²) >= 11 is 0. The summed E-state index contributed by atoms with van der Waals surface area (Å²) in [5.41, 5.74) is 0.416. The highest BCUT2D eigenvalue weighted by Gasteiger charge is 2.68. The SMILES string of the molecule is CCO[Si](CCC12CCC(C1)C1OC12)(OCC)OCC. The van der Waals surface area contributed by atoms with E-state index in [1.165, 1.54) is 19.3 Å². The van der Waals surface area contributed by atoms with Crippen molar-refractivity contribution >= 4 is 8.80 Å². The number of fused-ring (bicyclic) bond motifs is 5. The molecule has 1 saturated heterocycles. The van der Waals surface area contributed by atoms with Gasteiger partial charge in [-0.25, -0.2) is 0 Å². The lowest BCUT2D eigenvalue weighted by Gasteiger charge is -2.33. The van der Waals surface area contributed by atoms with Crippen molar-refractivity contribution in [2.75, 3.05) is 19.8 Å². The molecule has 2 saturated carbocycles. The van der Waals surface area contributed by atoms with Gasteiger partial charge in [0.05, 0.1) is 12.2 Å². The summed E-state index contributed by atoms with van der Waals surface area (Å²) in [4.78, 5) is 0. The molecule has 3 aliphatic rings. The maximum absolute atomic E-state index is 5.98. The number of hydrogen-bond acceptors (Lipinski definition) is 4. The average molecular weight is 300 g/mol. The lowest BCUT2D eigenvalue weighted by molar-refractivity contribution is 0.0645. The molecule has 0 radical (unpaired) electrons. The largest absolute Gasteiger partial charge is 0.500 e. The number of ether oxygens (including phenoxy) is 1. The topological polar surface area (TPSA) is 40.2 Å². The van der Waals surface area contributed by atoms with Crippen molar-refractivity contribution in [3.05, 3.63) is 0 Å². The Hall–Kier alpha value is 0.0569. The van der Waals surface area contributed by atoms with Crippen LogP contribution in [0.25, 0.3) is 0 Å². The molecule has 0 amide bonds. The molecule has 3 rings (SSSR count). The van der Waals surface area contributed by atoms with E-state index >= 15 is 0 Å². The van der Waals surface area contributed by atoms with Gasteiger partial charge in [-0.1, -0.05) is 0 Å². The molecule has 0 aromatic rings. The van der Waals surface area contributed by atoms with Gasteiger partial charge in [0, 0.05) is 25.9 Å². The van der Waals surface area contributed by atoms with E-state index in [2.05, 4.69) is 0 Å². The lowest BCUT2D eigenvalue weighted by atomic mass is 9.81. The fraction of sp³-hybridized carbons (Fsp3) is 1.00. The Morgan fingerprint density at radius 3 is 2.25 bits per heavy atom. The van der Waals surface area contributed by atoms with E-state index < -0.39 is 8.80 Å². The highest BCUT2D eigenvalue weighted by molar-refractivity contribution is 6.60. The summed E-state index contributed by atoms with van der Waals surface area (Å²) in [7, 11) is -2.47. The molecule has 4 atom stereocenters. The molecule has 1 heterocycles. The van der Waals surface area contributed by atoms with Gasteiger partial charge >= 0.3 is 8.80 Å². The number of rotatable bonds is 9. The van der Waals surface area contributed by atoms with Crippen LogP contribution in [0.4, 0.5) is 0 Å². The predicted octanol–water partition coefficient (Wildman–Crippen LogP) is 2.99. The zero-order chi connectivity index (χ0) is 14.2. The normalized spacial score (nSPS) is 38.2. The van der Waals surface area contributed by atoms with Crippen molar-refractivity contribution < 1.29 is 18.0 Å². The first-order valence-corrected chi connectivity index (χ1v) is 10.2. The number of hydrogen-bond donors (Lipinski definition) is 0. The average Bonchev–Trinajstić information content (AvgIpc) is 3.08. The minimum Gasteiger partial charge on any atom is -0.374 e. The van der Waals surface area contributed by atoms with Crippen molar-refractivity contribution in [1.82, 2.24) is 0 Å². The zero-order valence-corrected chi connectivity index (χ0v) is 14.0. The Morgan fingerprint density at radius 1 is 1.10 bits per heavy atom. The maximum Gasteiger partial charge on any atom is 0.500 e. The zero-order valence-electron chi connectivity index (χ0n) is 13.0. The van der Waals surface area contributed by atoms with Gasteiger partial charge in [0.2, 0.25) is 0 Å². The van der Waals surface area contributed by atoms with E-state index in [0.717, 1.165) is 18.4 Å². The highest BCUT2D eigenvalue weighted by Crippen LogP contribution is 2.66. The fourth-order valence-electron chi connectivity index (χ4n) is 4.49. The van der Waals surface area contributed by atoms with Crippen molar-refractivity contribution in [3.63, 3.8) is 0 Å². The van der Waals surface area contributed by atoms with Gasteiger partial charge < -0.3 is 18.0 Å². The van der Waals surface area contributed by atoms with Crippen LogP contribution >= 0.6 is 0 Å². The van der Waals surface area contributed by atoms with E-state index in [1.807, 2.05) is 20.8 Å². The Morgan fingerprint density at radius 2 is 1.75 bits per heavy atom. The van der Waals surface area contributed by atoms with Gasteiger partial charge in [-0.05, 0) is 57.8 Å². The van der Waals surface area contributed by atoms with Crippen LogP contribution in [-0.2, 0) is 18.0 Å². The Bertz CT molecular complexity index is 334. The minimum absolute atomic E-state index is 0.416. The summed E-state index contributed by atoms with van der Waals surface area (Å²) in [6, 6.07) is 0.946. The maximum atomic E-state index is 5.98.